The van der Waals surface area contributed by atoms with Crippen molar-refractivity contribution in [3.05, 3.63) is 143 Å². The number of thiazole rings is 2. The Morgan fingerprint density at radius 1 is 0.581 bits per heavy atom. The van der Waals surface area contributed by atoms with E-state index in [9.17, 15) is 9.59 Å². The van der Waals surface area contributed by atoms with Crippen LogP contribution in [0.1, 0.15) is 11.1 Å². The second kappa shape index (κ2) is 15.2. The van der Waals surface area contributed by atoms with Gasteiger partial charge in [-0.1, -0.05) is 84.0 Å². The number of benzene rings is 2. The van der Waals surface area contributed by atoms with Crippen LogP contribution >= 0.6 is 22.7 Å². The molecule has 0 fully saturated rings. The van der Waals surface area contributed by atoms with Gasteiger partial charge in [0.2, 0.25) is 0 Å². The molecule has 0 unspecified atom stereocenters. The molecule has 2 aromatic heterocycles. The number of ketones is 2. The summed E-state index contributed by atoms with van der Waals surface area (Å²) in [6, 6.07) is 16.5. The zero-order valence-corrected chi connectivity index (χ0v) is 26.0. The first-order valence-corrected chi connectivity index (χ1v) is 15.0. The number of carbonyl (C=O) groups is 2. The van der Waals surface area contributed by atoms with E-state index in [0.29, 0.717) is 11.1 Å². The average Bonchev–Trinajstić information content (AvgIpc) is 3.68. The normalized spacial score (nSPS) is 15.3. The van der Waals surface area contributed by atoms with Gasteiger partial charge in [-0.25, -0.2) is 9.97 Å². The third-order valence-electron chi connectivity index (χ3n) is 6.24. The molecule has 2 aliphatic rings. The number of carbonyl (C=O) groups excluding carboxylic acids is 2. The molecule has 9 heteroatoms. The van der Waals surface area contributed by atoms with Crippen LogP contribution in [0.5, 0.6) is 0 Å². The molecule has 0 spiro atoms. The fourth-order valence-electron chi connectivity index (χ4n) is 3.87. The third-order valence-corrected chi connectivity index (χ3v) is 7.79. The SMILES string of the molecule is Cc1ccc(-c2csc(N/C=C3/C=CC=CC3=O)n2)cc1.Cc1ccc(-c2csc(N/C=C3/C=CC=CC3=O)n2)cc1.[Cu]. The van der Waals surface area contributed by atoms with Crippen molar-refractivity contribution in [2.75, 3.05) is 10.6 Å². The molecule has 0 saturated heterocycles. The second-order valence-electron chi connectivity index (χ2n) is 9.46. The van der Waals surface area contributed by atoms with E-state index in [-0.39, 0.29) is 28.6 Å². The largest absolute Gasteiger partial charge is 0.337 e. The van der Waals surface area contributed by atoms with E-state index >= 15 is 0 Å². The van der Waals surface area contributed by atoms with E-state index in [4.69, 9.17) is 0 Å². The summed E-state index contributed by atoms with van der Waals surface area (Å²) in [4.78, 5) is 32.3. The molecule has 2 aromatic carbocycles. The summed E-state index contributed by atoms with van der Waals surface area (Å²) < 4.78 is 0. The Balaban J connectivity index is 0.000000192. The molecule has 2 heterocycles. The minimum atomic E-state index is 0. The minimum Gasteiger partial charge on any atom is -0.337 e. The Kier molecular flexibility index (Phi) is 11.1. The van der Waals surface area contributed by atoms with Gasteiger partial charge in [-0.2, -0.15) is 0 Å². The van der Waals surface area contributed by atoms with E-state index in [1.807, 2.05) is 22.9 Å². The van der Waals surface area contributed by atoms with Gasteiger partial charge in [-0.15, -0.1) is 22.7 Å². The second-order valence-corrected chi connectivity index (χ2v) is 11.2. The predicted octanol–water partition coefficient (Wildman–Crippen LogP) is 8.22. The zero-order chi connectivity index (χ0) is 29.3. The smallest absolute Gasteiger partial charge is 0.187 e. The monoisotopic (exact) mass is 651 g/mol. The van der Waals surface area contributed by atoms with Crippen LogP contribution in [-0.2, 0) is 26.7 Å². The molecule has 219 valence electrons. The fourth-order valence-corrected chi connectivity index (χ4v) is 5.25. The van der Waals surface area contributed by atoms with Crippen LogP contribution in [0.2, 0.25) is 0 Å². The van der Waals surface area contributed by atoms with Crippen LogP contribution in [0, 0.1) is 13.8 Å². The van der Waals surface area contributed by atoms with Crippen molar-refractivity contribution in [1.82, 2.24) is 9.97 Å². The van der Waals surface area contributed by atoms with E-state index < -0.39 is 0 Å². The van der Waals surface area contributed by atoms with Crippen molar-refractivity contribution in [3.63, 3.8) is 0 Å². The number of aryl methyl sites for hydroxylation is 2. The summed E-state index contributed by atoms with van der Waals surface area (Å²) in [5.74, 6) is 0.000582. The average molecular weight is 652 g/mol. The summed E-state index contributed by atoms with van der Waals surface area (Å²) in [6.07, 6.45) is 17.2. The van der Waals surface area contributed by atoms with Crippen LogP contribution in [0.4, 0.5) is 10.3 Å². The molecular formula is C34H28CuN4O2S2. The summed E-state index contributed by atoms with van der Waals surface area (Å²) in [5, 5.41) is 11.7. The number of allylic oxidation sites excluding steroid dienone is 10. The van der Waals surface area contributed by atoms with Gasteiger partial charge in [-0.05, 0) is 38.2 Å². The quantitative estimate of drug-likeness (QED) is 0.161. The van der Waals surface area contributed by atoms with E-state index in [2.05, 4.69) is 83.0 Å². The number of nitrogens with zero attached hydrogens (tertiary/aromatic N) is 2. The number of anilines is 2. The van der Waals surface area contributed by atoms with Crippen molar-refractivity contribution < 1.29 is 26.7 Å². The minimum absolute atomic E-state index is 0. The Bertz CT molecular complexity index is 1640. The Labute approximate surface area is 269 Å². The van der Waals surface area contributed by atoms with Gasteiger partial charge in [0.05, 0.1) is 11.4 Å². The summed E-state index contributed by atoms with van der Waals surface area (Å²) in [6.45, 7) is 4.13. The van der Waals surface area contributed by atoms with Gasteiger partial charge in [0.25, 0.3) is 0 Å². The van der Waals surface area contributed by atoms with Crippen molar-refractivity contribution >= 4 is 44.5 Å². The van der Waals surface area contributed by atoms with Gasteiger partial charge in [0, 0.05) is 62.5 Å². The van der Waals surface area contributed by atoms with Crippen LogP contribution in [0.25, 0.3) is 22.5 Å². The molecule has 1 radical (unpaired) electrons. The first-order valence-electron chi connectivity index (χ1n) is 13.2. The summed E-state index contributed by atoms with van der Waals surface area (Å²) >= 11 is 3.04. The molecule has 0 aliphatic heterocycles. The van der Waals surface area contributed by atoms with Gasteiger partial charge in [0.1, 0.15) is 0 Å². The van der Waals surface area contributed by atoms with Crippen LogP contribution in [0.3, 0.4) is 0 Å². The molecule has 2 aliphatic carbocycles. The Hall–Kier alpha value is -4.40. The number of hydrogen-bond acceptors (Lipinski definition) is 8. The first-order chi connectivity index (χ1) is 20.4. The van der Waals surface area contributed by atoms with Gasteiger partial charge in [0.15, 0.2) is 21.8 Å². The van der Waals surface area contributed by atoms with Crippen LogP contribution in [-0.4, -0.2) is 21.5 Å². The number of rotatable bonds is 6. The standard InChI is InChI=1S/2C17H14N2OS.Cu/c2*1-12-6-8-13(9-7-12)15-11-21-17(19-15)18-10-14-4-2-3-5-16(14)20;/h2*2-11H,1H3,(H,18,19);/b2*14-10-;. The maximum absolute atomic E-state index is 11.6. The van der Waals surface area contributed by atoms with E-state index in [1.54, 1.807) is 48.9 Å². The Morgan fingerprint density at radius 2 is 0.953 bits per heavy atom. The maximum Gasteiger partial charge on any atom is 0.187 e. The molecule has 6 nitrogen and oxygen atoms in total. The summed E-state index contributed by atoms with van der Waals surface area (Å²) in [5.41, 5.74) is 7.77. The van der Waals surface area contributed by atoms with Crippen molar-refractivity contribution in [3.8, 4) is 22.5 Å². The molecular weight excluding hydrogens is 624 g/mol. The molecule has 4 aromatic rings. The van der Waals surface area contributed by atoms with Crippen LogP contribution in [0.15, 0.2) is 131 Å². The predicted molar refractivity (Wildman–Crippen MR) is 175 cm³/mol. The van der Waals surface area contributed by atoms with Crippen molar-refractivity contribution in [1.29, 1.82) is 0 Å². The van der Waals surface area contributed by atoms with Crippen LogP contribution < -0.4 is 10.6 Å². The number of nitrogens with one attached hydrogen (secondary N) is 2. The van der Waals surface area contributed by atoms with Crippen molar-refractivity contribution in [2.24, 2.45) is 0 Å². The zero-order valence-electron chi connectivity index (χ0n) is 23.4. The van der Waals surface area contributed by atoms with Gasteiger partial charge in [-0.3, -0.25) is 9.59 Å². The molecule has 0 amide bonds. The van der Waals surface area contributed by atoms with E-state index in [1.165, 1.54) is 33.8 Å². The van der Waals surface area contributed by atoms with Gasteiger partial charge < -0.3 is 10.6 Å². The summed E-state index contributed by atoms with van der Waals surface area (Å²) in [7, 11) is 0. The molecule has 0 atom stereocenters. The number of aromatic nitrogens is 2. The molecule has 2 N–H and O–H groups in total. The van der Waals surface area contributed by atoms with Gasteiger partial charge >= 0.3 is 0 Å². The maximum atomic E-state index is 11.6. The first kappa shape index (κ1) is 31.5. The third kappa shape index (κ3) is 8.80. The van der Waals surface area contributed by atoms with Crippen molar-refractivity contribution in [2.45, 2.75) is 13.8 Å². The fraction of sp³-hybridized carbons (Fsp3) is 0.0588. The molecule has 6 rings (SSSR count). The van der Waals surface area contributed by atoms with E-state index in [0.717, 1.165) is 32.8 Å². The molecule has 0 saturated carbocycles. The molecule has 43 heavy (non-hydrogen) atoms. The Morgan fingerprint density at radius 3 is 1.33 bits per heavy atom. The topological polar surface area (TPSA) is 84.0 Å². The molecule has 0 bridgehead atoms. The number of hydrogen-bond donors (Lipinski definition) is 2.